The summed E-state index contributed by atoms with van der Waals surface area (Å²) in [6, 6.07) is 9.83. The highest BCUT2D eigenvalue weighted by molar-refractivity contribution is 14.0. The molecule has 142 valence electrons. The Balaban J connectivity index is 0.00000338. The smallest absolute Gasteiger partial charge is 0.239 e. The molecule has 0 saturated carbocycles. The summed E-state index contributed by atoms with van der Waals surface area (Å²) in [6.45, 7) is 5.53. The second-order valence-electron chi connectivity index (χ2n) is 5.61. The number of nitrogens with zero attached hydrogens (tertiary/aromatic N) is 2. The van der Waals surface area contributed by atoms with Crippen LogP contribution >= 0.6 is 35.3 Å². The lowest BCUT2D eigenvalue weighted by Gasteiger charge is -2.11. The molecule has 0 saturated heterocycles. The molecule has 2 rings (SSSR count). The summed E-state index contributed by atoms with van der Waals surface area (Å²) in [6.07, 6.45) is 0.834. The zero-order valence-corrected chi connectivity index (χ0v) is 18.5. The van der Waals surface area contributed by atoms with Crippen LogP contribution in [0.5, 0.6) is 0 Å². The van der Waals surface area contributed by atoms with Crippen molar-refractivity contribution in [2.45, 2.75) is 26.8 Å². The Morgan fingerprint density at radius 2 is 1.88 bits per heavy atom. The average molecular weight is 487 g/mol. The molecule has 0 fully saturated rings. The molecular weight excluding hydrogens is 461 g/mol. The lowest BCUT2D eigenvalue weighted by atomic mass is 10.2. The van der Waals surface area contributed by atoms with Gasteiger partial charge in [-0.3, -0.25) is 9.79 Å². The molecule has 8 heteroatoms. The fraction of sp³-hybridized carbons (Fsp3) is 0.389. The maximum Gasteiger partial charge on any atom is 0.239 e. The first-order valence-corrected chi connectivity index (χ1v) is 9.08. The van der Waals surface area contributed by atoms with Crippen molar-refractivity contribution in [1.82, 2.24) is 20.9 Å². The largest absolute Gasteiger partial charge is 0.356 e. The van der Waals surface area contributed by atoms with Crippen LogP contribution in [0.2, 0.25) is 0 Å². The van der Waals surface area contributed by atoms with E-state index in [1.54, 1.807) is 18.4 Å². The van der Waals surface area contributed by atoms with Crippen LogP contribution in [-0.2, 0) is 17.8 Å². The molecule has 3 N–H and O–H groups in total. The van der Waals surface area contributed by atoms with E-state index in [0.29, 0.717) is 12.5 Å². The van der Waals surface area contributed by atoms with Crippen LogP contribution in [0.25, 0.3) is 0 Å². The first kappa shape index (κ1) is 22.4. The normalized spacial score (nSPS) is 10.8. The predicted molar refractivity (Wildman–Crippen MR) is 118 cm³/mol. The third-order valence-electron chi connectivity index (χ3n) is 3.68. The minimum absolute atomic E-state index is 0. The van der Waals surface area contributed by atoms with Gasteiger partial charge in [-0.2, -0.15) is 0 Å². The van der Waals surface area contributed by atoms with Gasteiger partial charge in [-0.1, -0.05) is 30.3 Å². The van der Waals surface area contributed by atoms with Crippen molar-refractivity contribution in [2.24, 2.45) is 4.99 Å². The van der Waals surface area contributed by atoms with Gasteiger partial charge in [-0.15, -0.1) is 35.3 Å². The minimum Gasteiger partial charge on any atom is -0.356 e. The number of aromatic nitrogens is 1. The van der Waals surface area contributed by atoms with Gasteiger partial charge in [-0.25, -0.2) is 4.98 Å². The number of amides is 1. The zero-order valence-electron chi connectivity index (χ0n) is 15.3. The molecule has 6 nitrogen and oxygen atoms in total. The highest BCUT2D eigenvalue weighted by atomic mass is 127. The summed E-state index contributed by atoms with van der Waals surface area (Å²) in [5.74, 6) is 0.540. The van der Waals surface area contributed by atoms with Crippen LogP contribution < -0.4 is 16.0 Å². The van der Waals surface area contributed by atoms with Gasteiger partial charge in [0.25, 0.3) is 0 Å². The van der Waals surface area contributed by atoms with Crippen molar-refractivity contribution in [3.05, 3.63) is 51.5 Å². The lowest BCUT2D eigenvalue weighted by Crippen LogP contribution is -2.43. The van der Waals surface area contributed by atoms with E-state index in [2.05, 4.69) is 32.9 Å². The molecule has 0 aliphatic rings. The number of guanidine groups is 1. The number of hydrogen-bond donors (Lipinski definition) is 3. The molecule has 0 spiro atoms. The van der Waals surface area contributed by atoms with E-state index < -0.39 is 0 Å². The fourth-order valence-electron chi connectivity index (χ4n) is 2.18. The monoisotopic (exact) mass is 487 g/mol. The van der Waals surface area contributed by atoms with E-state index in [0.717, 1.165) is 29.2 Å². The van der Waals surface area contributed by atoms with Crippen molar-refractivity contribution in [2.75, 3.05) is 20.1 Å². The van der Waals surface area contributed by atoms with Crippen LogP contribution in [-0.4, -0.2) is 37.0 Å². The van der Waals surface area contributed by atoms with Gasteiger partial charge in [0, 0.05) is 31.4 Å². The summed E-state index contributed by atoms with van der Waals surface area (Å²) < 4.78 is 0. The first-order valence-electron chi connectivity index (χ1n) is 8.26. The second-order valence-corrected chi connectivity index (χ2v) is 6.90. The van der Waals surface area contributed by atoms with Crippen molar-refractivity contribution in [1.29, 1.82) is 0 Å². The van der Waals surface area contributed by atoms with Crippen LogP contribution in [0, 0.1) is 13.8 Å². The molecule has 1 aromatic heterocycles. The standard InChI is InChI=1S/C18H25N5OS.HI/c1-13-14(2)25-17(23-13)9-10-20-18(19-3)22-12-16(24)21-11-15-7-5-4-6-8-15;/h4-8H,9-12H2,1-3H3,(H,21,24)(H2,19,20,22);1H. The summed E-state index contributed by atoms with van der Waals surface area (Å²) in [4.78, 5) is 21.8. The number of thiazole rings is 1. The first-order chi connectivity index (χ1) is 12.1. The summed E-state index contributed by atoms with van der Waals surface area (Å²) >= 11 is 1.72. The van der Waals surface area contributed by atoms with E-state index in [1.165, 1.54) is 4.88 Å². The molecular formula is C18H26IN5OS. The van der Waals surface area contributed by atoms with Gasteiger partial charge >= 0.3 is 0 Å². The second kappa shape index (κ2) is 11.8. The van der Waals surface area contributed by atoms with Gasteiger partial charge in [0.05, 0.1) is 17.2 Å². The molecule has 0 bridgehead atoms. The molecule has 0 atom stereocenters. The number of carbonyl (C=O) groups excluding carboxylic acids is 1. The Morgan fingerprint density at radius 3 is 2.50 bits per heavy atom. The van der Waals surface area contributed by atoms with Crippen LogP contribution in [0.4, 0.5) is 0 Å². The van der Waals surface area contributed by atoms with Gasteiger partial charge < -0.3 is 16.0 Å². The number of nitrogens with one attached hydrogen (secondary N) is 3. The number of halogens is 1. The van der Waals surface area contributed by atoms with Crippen LogP contribution in [0.3, 0.4) is 0 Å². The average Bonchev–Trinajstić information content (AvgIpc) is 2.94. The molecule has 1 heterocycles. The highest BCUT2D eigenvalue weighted by Gasteiger charge is 2.06. The molecule has 0 unspecified atom stereocenters. The van der Waals surface area contributed by atoms with Crippen molar-refractivity contribution in [3.8, 4) is 0 Å². The van der Waals surface area contributed by atoms with E-state index in [1.807, 2.05) is 37.3 Å². The van der Waals surface area contributed by atoms with Crippen molar-refractivity contribution < 1.29 is 4.79 Å². The molecule has 2 aromatic rings. The SMILES string of the molecule is CN=C(NCCc1nc(C)c(C)s1)NCC(=O)NCc1ccccc1.I. The van der Waals surface area contributed by atoms with Crippen LogP contribution in [0.15, 0.2) is 35.3 Å². The quantitative estimate of drug-likeness (QED) is 0.319. The minimum atomic E-state index is -0.0713. The Labute approximate surface area is 175 Å². The number of carbonyl (C=O) groups is 1. The van der Waals surface area contributed by atoms with E-state index in [-0.39, 0.29) is 36.4 Å². The third-order valence-corrected chi connectivity index (χ3v) is 4.81. The highest BCUT2D eigenvalue weighted by Crippen LogP contribution is 2.16. The Morgan fingerprint density at radius 1 is 1.15 bits per heavy atom. The summed E-state index contributed by atoms with van der Waals surface area (Å²) in [5, 5.41) is 10.2. The van der Waals surface area contributed by atoms with Gasteiger partial charge in [-0.05, 0) is 19.4 Å². The Kier molecular flexibility index (Phi) is 10.2. The van der Waals surface area contributed by atoms with E-state index in [9.17, 15) is 4.79 Å². The summed E-state index contributed by atoms with van der Waals surface area (Å²) in [7, 11) is 1.69. The van der Waals surface area contributed by atoms with Gasteiger partial charge in [0.2, 0.25) is 5.91 Å². The van der Waals surface area contributed by atoms with E-state index in [4.69, 9.17) is 0 Å². The Hall–Kier alpha value is -1.68. The predicted octanol–water partition coefficient (Wildman–Crippen LogP) is 2.40. The molecule has 0 aliphatic carbocycles. The zero-order chi connectivity index (χ0) is 18.1. The third kappa shape index (κ3) is 7.69. The number of benzene rings is 1. The topological polar surface area (TPSA) is 78.4 Å². The number of aliphatic imine (C=N–C) groups is 1. The lowest BCUT2D eigenvalue weighted by molar-refractivity contribution is -0.120. The number of hydrogen-bond acceptors (Lipinski definition) is 4. The molecule has 1 amide bonds. The molecule has 0 radical (unpaired) electrons. The van der Waals surface area contributed by atoms with Gasteiger partial charge in [0.15, 0.2) is 5.96 Å². The molecule has 1 aromatic carbocycles. The number of aryl methyl sites for hydroxylation is 2. The molecule has 0 aliphatic heterocycles. The Bertz CT molecular complexity index is 698. The fourth-order valence-corrected chi connectivity index (χ4v) is 3.11. The number of rotatable bonds is 7. The maximum absolute atomic E-state index is 11.9. The maximum atomic E-state index is 11.9. The molecule has 26 heavy (non-hydrogen) atoms. The van der Waals surface area contributed by atoms with Crippen LogP contribution in [0.1, 0.15) is 21.1 Å². The van der Waals surface area contributed by atoms with Crippen molar-refractivity contribution >= 4 is 47.2 Å². The van der Waals surface area contributed by atoms with Crippen molar-refractivity contribution in [3.63, 3.8) is 0 Å². The van der Waals surface area contributed by atoms with Gasteiger partial charge in [0.1, 0.15) is 0 Å². The van der Waals surface area contributed by atoms with E-state index >= 15 is 0 Å². The summed E-state index contributed by atoms with van der Waals surface area (Å²) in [5.41, 5.74) is 2.17.